The van der Waals surface area contributed by atoms with Crippen molar-refractivity contribution in [2.24, 2.45) is 0 Å². The van der Waals surface area contributed by atoms with E-state index in [1.807, 2.05) is 0 Å². The van der Waals surface area contributed by atoms with E-state index in [2.05, 4.69) is 15.0 Å². The summed E-state index contributed by atoms with van der Waals surface area (Å²) in [5, 5.41) is 10.4. The maximum absolute atomic E-state index is 12.3. The van der Waals surface area contributed by atoms with Crippen LogP contribution in [0.15, 0.2) is 59.1 Å². The van der Waals surface area contributed by atoms with E-state index in [1.54, 1.807) is 61.5 Å². The molecule has 0 amide bonds. The van der Waals surface area contributed by atoms with Gasteiger partial charge in [-0.3, -0.25) is 4.57 Å². The maximum atomic E-state index is 12.3. The zero-order valence-electron chi connectivity index (χ0n) is 16.1. The average Bonchev–Trinajstić information content (AvgIpc) is 3.38. The average molecular weight is 426 g/mol. The van der Waals surface area contributed by atoms with Gasteiger partial charge in [-0.1, -0.05) is 0 Å². The van der Waals surface area contributed by atoms with Crippen LogP contribution < -0.4 is 15.2 Å². The molecule has 1 aromatic carbocycles. The molecular weight excluding hydrogens is 408 g/mol. The van der Waals surface area contributed by atoms with E-state index >= 15 is 0 Å². The van der Waals surface area contributed by atoms with E-state index in [4.69, 9.17) is 15.2 Å². The third-order valence-electron chi connectivity index (χ3n) is 4.42. The van der Waals surface area contributed by atoms with Gasteiger partial charge in [0.1, 0.15) is 17.8 Å². The molecule has 0 aliphatic rings. The lowest BCUT2D eigenvalue weighted by Gasteiger charge is -2.19. The minimum Gasteiger partial charge on any atom is -0.497 e. The number of carbonyl (C=O) groups is 1. The number of methoxy groups -OCH3 is 2. The Morgan fingerprint density at radius 1 is 1.20 bits per heavy atom. The summed E-state index contributed by atoms with van der Waals surface area (Å²) < 4.78 is 13.8. The summed E-state index contributed by atoms with van der Waals surface area (Å²) in [6.45, 7) is 0. The summed E-state index contributed by atoms with van der Waals surface area (Å²) in [5.74, 6) is 0.295. The van der Waals surface area contributed by atoms with E-state index in [0.717, 1.165) is 0 Å². The molecule has 4 rings (SSSR count). The van der Waals surface area contributed by atoms with Gasteiger partial charge >= 0.3 is 5.97 Å². The number of aromatic nitrogens is 5. The molecule has 0 aliphatic carbocycles. The monoisotopic (exact) mass is 426 g/mol. The molecule has 0 aliphatic heterocycles. The number of carboxylic acid groups (broad SMARTS) is 1. The molecule has 3 N–H and O–H groups in total. The number of hydrogen-bond acceptors (Lipinski definition) is 8. The number of imidazole rings is 1. The third-order valence-corrected chi connectivity index (χ3v) is 5.43. The molecule has 3 heterocycles. The van der Waals surface area contributed by atoms with E-state index < -0.39 is 12.1 Å². The van der Waals surface area contributed by atoms with Crippen LogP contribution in [0.3, 0.4) is 0 Å². The van der Waals surface area contributed by atoms with E-state index in [1.165, 1.54) is 22.7 Å². The van der Waals surface area contributed by atoms with Crippen molar-refractivity contribution in [3.8, 4) is 11.5 Å². The first kappa shape index (κ1) is 19.6. The molecule has 10 nitrogen and oxygen atoms in total. The maximum Gasteiger partial charge on any atom is 0.348 e. The highest BCUT2D eigenvalue weighted by Gasteiger charge is 2.29. The molecule has 0 radical (unpaired) electrons. The number of carboxylic acids is 1. The molecule has 154 valence electrons. The van der Waals surface area contributed by atoms with Crippen molar-refractivity contribution in [3.63, 3.8) is 0 Å². The smallest absolute Gasteiger partial charge is 0.348 e. The van der Waals surface area contributed by atoms with Gasteiger partial charge in [0, 0.05) is 12.4 Å². The first-order valence-electron chi connectivity index (χ1n) is 8.77. The molecule has 0 fully saturated rings. The van der Waals surface area contributed by atoms with Crippen LogP contribution in [0.5, 0.6) is 11.5 Å². The topological polar surface area (TPSA) is 130 Å². The largest absolute Gasteiger partial charge is 0.497 e. The highest BCUT2D eigenvalue weighted by molar-refractivity contribution is 7.99. The molecule has 4 aromatic rings. The fourth-order valence-corrected chi connectivity index (χ4v) is 4.09. The van der Waals surface area contributed by atoms with Gasteiger partial charge in [0.25, 0.3) is 0 Å². The molecule has 1 unspecified atom stereocenters. The summed E-state index contributed by atoms with van der Waals surface area (Å²) in [6.07, 6.45) is 3.48. The molecule has 0 saturated heterocycles. The fraction of sp³-hybridized carbons (Fsp3) is 0.158. The van der Waals surface area contributed by atoms with Gasteiger partial charge in [0.05, 0.1) is 19.1 Å². The first-order valence-corrected chi connectivity index (χ1v) is 9.58. The Labute approximate surface area is 175 Å². The van der Waals surface area contributed by atoms with Crippen LogP contribution in [0.1, 0.15) is 6.17 Å². The van der Waals surface area contributed by atoms with Gasteiger partial charge in [0.15, 0.2) is 22.1 Å². The summed E-state index contributed by atoms with van der Waals surface area (Å²) in [4.78, 5) is 25.7. The minimum atomic E-state index is -1.13. The number of ether oxygens (including phenoxy) is 2. The summed E-state index contributed by atoms with van der Waals surface area (Å²) in [7, 11) is 3.12. The van der Waals surface area contributed by atoms with Crippen LogP contribution in [-0.2, 0) is 4.79 Å². The SMILES string of the molecule is COc1ccc(OC)c(Sc2nc3c(N)ncnc3n2C(C(=O)O)n2cccc2)c1. The van der Waals surface area contributed by atoms with E-state index in [9.17, 15) is 9.90 Å². The molecule has 30 heavy (non-hydrogen) atoms. The van der Waals surface area contributed by atoms with Gasteiger partial charge < -0.3 is 24.9 Å². The molecule has 0 bridgehead atoms. The Kier molecular flexibility index (Phi) is 5.19. The molecule has 1 atom stereocenters. The summed E-state index contributed by atoms with van der Waals surface area (Å²) in [6, 6.07) is 8.82. The number of nitrogens with two attached hydrogens (primary N) is 1. The predicted octanol–water partition coefficient (Wildman–Crippen LogP) is 2.51. The first-order chi connectivity index (χ1) is 14.5. The van der Waals surface area contributed by atoms with Crippen LogP contribution >= 0.6 is 11.8 Å². The summed E-state index contributed by atoms with van der Waals surface area (Å²) in [5.41, 5.74) is 6.63. The number of fused-ring (bicyclic) bond motifs is 1. The zero-order valence-corrected chi connectivity index (χ0v) is 16.9. The lowest BCUT2D eigenvalue weighted by atomic mass is 10.3. The Morgan fingerprint density at radius 3 is 2.63 bits per heavy atom. The Bertz CT molecular complexity index is 1210. The molecule has 0 saturated carbocycles. The van der Waals surface area contributed by atoms with Gasteiger partial charge in [-0.2, -0.15) is 0 Å². The fourth-order valence-electron chi connectivity index (χ4n) is 3.04. The number of anilines is 1. The van der Waals surface area contributed by atoms with Gasteiger partial charge in [-0.05, 0) is 42.1 Å². The second-order valence-corrected chi connectivity index (χ2v) is 7.17. The Balaban J connectivity index is 1.94. The van der Waals surface area contributed by atoms with E-state index in [0.29, 0.717) is 32.7 Å². The molecule has 11 heteroatoms. The number of rotatable bonds is 7. The van der Waals surface area contributed by atoms with Gasteiger partial charge in [-0.15, -0.1) is 0 Å². The van der Waals surface area contributed by atoms with Crippen molar-refractivity contribution in [3.05, 3.63) is 49.1 Å². The van der Waals surface area contributed by atoms with Crippen LogP contribution in [0.2, 0.25) is 0 Å². The van der Waals surface area contributed by atoms with Crippen molar-refractivity contribution in [1.29, 1.82) is 0 Å². The lowest BCUT2D eigenvalue weighted by molar-refractivity contribution is -0.142. The van der Waals surface area contributed by atoms with Crippen molar-refractivity contribution < 1.29 is 19.4 Å². The van der Waals surface area contributed by atoms with Crippen LogP contribution in [-0.4, -0.2) is 49.4 Å². The quantitative estimate of drug-likeness (QED) is 0.458. The van der Waals surface area contributed by atoms with Crippen molar-refractivity contribution >= 4 is 34.7 Å². The zero-order chi connectivity index (χ0) is 21.3. The van der Waals surface area contributed by atoms with Gasteiger partial charge in [-0.25, -0.2) is 19.7 Å². The van der Waals surface area contributed by atoms with Crippen LogP contribution in [0, 0.1) is 0 Å². The number of nitrogen functional groups attached to an aromatic ring is 1. The van der Waals surface area contributed by atoms with E-state index in [-0.39, 0.29) is 5.82 Å². The second kappa shape index (κ2) is 7.95. The highest BCUT2D eigenvalue weighted by atomic mass is 32.2. The Morgan fingerprint density at radius 2 is 1.97 bits per heavy atom. The van der Waals surface area contributed by atoms with Crippen molar-refractivity contribution in [2.75, 3.05) is 20.0 Å². The predicted molar refractivity (Wildman–Crippen MR) is 110 cm³/mol. The Hall–Kier alpha value is -3.73. The molecule has 0 spiro atoms. The van der Waals surface area contributed by atoms with Crippen molar-refractivity contribution in [2.45, 2.75) is 16.2 Å². The normalized spacial score (nSPS) is 12.1. The number of nitrogens with zero attached hydrogens (tertiary/aromatic N) is 5. The van der Waals surface area contributed by atoms with Gasteiger partial charge in [0.2, 0.25) is 6.17 Å². The number of hydrogen-bond donors (Lipinski definition) is 2. The summed E-state index contributed by atoms with van der Waals surface area (Å²) >= 11 is 1.22. The molecule has 3 aromatic heterocycles. The molecular formula is C19H18N6O4S. The number of aliphatic carboxylic acids is 1. The highest BCUT2D eigenvalue weighted by Crippen LogP contribution is 2.39. The lowest BCUT2D eigenvalue weighted by Crippen LogP contribution is -2.26. The van der Waals surface area contributed by atoms with Crippen molar-refractivity contribution in [1.82, 2.24) is 24.1 Å². The third kappa shape index (κ3) is 3.39. The minimum absolute atomic E-state index is 0.162. The van der Waals surface area contributed by atoms with Crippen LogP contribution in [0.25, 0.3) is 11.2 Å². The number of benzene rings is 1. The second-order valence-electron chi connectivity index (χ2n) is 6.16. The van der Waals surface area contributed by atoms with Crippen LogP contribution in [0.4, 0.5) is 5.82 Å². The standard InChI is InChI=1S/C19H18N6O4S/c1-28-11-5-6-12(29-2)13(9-11)30-19-23-14-15(20)21-10-22-16(14)25(19)17(18(26)27)24-7-3-4-8-24/h3-10,17H,1-2H3,(H,26,27)(H2,20,21,22).